The van der Waals surface area contributed by atoms with E-state index in [-0.39, 0.29) is 11.4 Å². The number of H-pyrrole nitrogens is 1. The van der Waals surface area contributed by atoms with Gasteiger partial charge in [0.15, 0.2) is 0 Å². The van der Waals surface area contributed by atoms with Crippen LogP contribution in [-0.2, 0) is 6.54 Å². The van der Waals surface area contributed by atoms with Gasteiger partial charge in [-0.15, -0.1) is 0 Å². The van der Waals surface area contributed by atoms with Crippen molar-refractivity contribution in [1.82, 2.24) is 25.3 Å². The van der Waals surface area contributed by atoms with Crippen LogP contribution in [0.25, 0.3) is 0 Å². The summed E-state index contributed by atoms with van der Waals surface area (Å²) in [5, 5.41) is 23.0. The third-order valence-corrected chi connectivity index (χ3v) is 2.68. The van der Waals surface area contributed by atoms with Crippen molar-refractivity contribution in [2.75, 3.05) is 6.54 Å². The zero-order valence-corrected chi connectivity index (χ0v) is 11.1. The second kappa shape index (κ2) is 5.61. The fourth-order valence-electron chi connectivity index (χ4n) is 1.42. The van der Waals surface area contributed by atoms with Gasteiger partial charge in [0.05, 0.1) is 22.1 Å². The van der Waals surface area contributed by atoms with E-state index in [1.807, 2.05) is 0 Å². The lowest BCUT2D eigenvalue weighted by Crippen LogP contribution is -2.28. The van der Waals surface area contributed by atoms with Gasteiger partial charge in [0.1, 0.15) is 6.20 Å². The average Bonchev–Trinajstić information content (AvgIpc) is 2.97. The molecule has 2 N–H and O–H groups in total. The summed E-state index contributed by atoms with van der Waals surface area (Å²) in [6, 6.07) is 0. The molecule has 1 amide bonds. The molecule has 2 aromatic heterocycles. The number of nitrogens with zero attached hydrogens (tertiary/aromatic N) is 4. The molecule has 0 aliphatic carbocycles. The second-order valence-electron chi connectivity index (χ2n) is 3.56. The molecule has 2 rings (SSSR count). The number of hydrogen-bond donors (Lipinski definition) is 2. The number of carbonyl (C=O) groups excluding carboxylic acids is 1. The Bertz CT molecular complexity index is 607. The monoisotopic (exact) mass is 328 g/mol. The van der Waals surface area contributed by atoms with E-state index in [1.165, 1.54) is 0 Å². The molecule has 10 heteroatoms. The van der Waals surface area contributed by atoms with Gasteiger partial charge in [-0.3, -0.25) is 24.7 Å². The maximum atomic E-state index is 11.7. The predicted octanol–water partition coefficient (Wildman–Crippen LogP) is 0.707. The van der Waals surface area contributed by atoms with Gasteiger partial charge < -0.3 is 5.32 Å². The molecule has 0 radical (unpaired) electrons. The molecule has 0 bridgehead atoms. The zero-order valence-electron chi connectivity index (χ0n) is 9.54. The standard InChI is InChI=1S/C9H9BrN6O3/c10-6-3-13-15(5-6)2-1-11-9(17)8-7(16(18)19)4-12-14-8/h3-5H,1-2H2,(H,11,17)(H,12,14). The van der Waals surface area contributed by atoms with Crippen molar-refractivity contribution >= 4 is 27.5 Å². The average molecular weight is 329 g/mol. The highest BCUT2D eigenvalue weighted by molar-refractivity contribution is 9.10. The Morgan fingerprint density at radius 2 is 2.37 bits per heavy atom. The Balaban J connectivity index is 1.91. The highest BCUT2D eigenvalue weighted by Gasteiger charge is 2.22. The Morgan fingerprint density at radius 3 is 3.00 bits per heavy atom. The molecule has 0 unspecified atom stereocenters. The molecule has 0 spiro atoms. The normalized spacial score (nSPS) is 10.4. The van der Waals surface area contributed by atoms with Crippen LogP contribution in [0.4, 0.5) is 5.69 Å². The van der Waals surface area contributed by atoms with Crippen molar-refractivity contribution < 1.29 is 9.72 Å². The number of amides is 1. The van der Waals surface area contributed by atoms with Gasteiger partial charge in [-0.2, -0.15) is 10.2 Å². The highest BCUT2D eigenvalue weighted by Crippen LogP contribution is 2.13. The number of hydrogen-bond acceptors (Lipinski definition) is 5. The van der Waals surface area contributed by atoms with Gasteiger partial charge in [-0.25, -0.2) is 0 Å². The number of halogens is 1. The number of aromatic amines is 1. The van der Waals surface area contributed by atoms with Crippen LogP contribution >= 0.6 is 15.9 Å². The summed E-state index contributed by atoms with van der Waals surface area (Å²) in [5.74, 6) is -0.574. The van der Waals surface area contributed by atoms with Crippen LogP contribution in [-0.4, -0.2) is 37.4 Å². The van der Waals surface area contributed by atoms with Crippen LogP contribution in [0.5, 0.6) is 0 Å². The summed E-state index contributed by atoms with van der Waals surface area (Å²) in [6.45, 7) is 0.752. The highest BCUT2D eigenvalue weighted by atomic mass is 79.9. The number of nitro groups is 1. The minimum atomic E-state index is -0.664. The first-order valence-corrected chi connectivity index (χ1v) is 6.01. The smallest absolute Gasteiger partial charge is 0.319 e. The van der Waals surface area contributed by atoms with Gasteiger partial charge in [-0.05, 0) is 15.9 Å². The van der Waals surface area contributed by atoms with E-state index in [1.54, 1.807) is 17.1 Å². The molecule has 0 atom stereocenters. The van der Waals surface area contributed by atoms with Crippen LogP contribution in [0.2, 0.25) is 0 Å². The van der Waals surface area contributed by atoms with Crippen molar-refractivity contribution in [2.24, 2.45) is 0 Å². The third-order valence-electron chi connectivity index (χ3n) is 2.27. The Morgan fingerprint density at radius 1 is 1.58 bits per heavy atom. The molecular formula is C9H9BrN6O3. The summed E-state index contributed by atoms with van der Waals surface area (Å²) in [7, 11) is 0. The van der Waals surface area contributed by atoms with E-state index in [0.29, 0.717) is 13.1 Å². The lowest BCUT2D eigenvalue weighted by molar-refractivity contribution is -0.385. The van der Waals surface area contributed by atoms with Gasteiger partial charge in [0, 0.05) is 12.7 Å². The second-order valence-corrected chi connectivity index (χ2v) is 4.48. The van der Waals surface area contributed by atoms with Crippen molar-refractivity contribution in [3.05, 3.63) is 38.9 Å². The minimum Gasteiger partial charge on any atom is -0.349 e. The van der Waals surface area contributed by atoms with E-state index in [0.717, 1.165) is 10.7 Å². The molecule has 19 heavy (non-hydrogen) atoms. The van der Waals surface area contributed by atoms with Crippen LogP contribution in [0.15, 0.2) is 23.1 Å². The van der Waals surface area contributed by atoms with Crippen molar-refractivity contribution in [3.8, 4) is 0 Å². The molecule has 9 nitrogen and oxygen atoms in total. The number of carbonyl (C=O) groups is 1. The quantitative estimate of drug-likeness (QED) is 0.618. The summed E-state index contributed by atoms with van der Waals surface area (Å²) in [4.78, 5) is 21.7. The first-order chi connectivity index (χ1) is 9.08. The molecule has 0 fully saturated rings. The number of nitrogens with one attached hydrogen (secondary N) is 2. The number of aromatic nitrogens is 4. The molecule has 0 saturated carbocycles. The third kappa shape index (κ3) is 3.16. The van der Waals surface area contributed by atoms with Crippen LogP contribution in [0.3, 0.4) is 0 Å². The molecule has 0 aliphatic rings. The molecule has 0 aliphatic heterocycles. The Labute approximate surface area is 115 Å². The molecule has 100 valence electrons. The maximum absolute atomic E-state index is 11.7. The van der Waals surface area contributed by atoms with Crippen molar-refractivity contribution in [1.29, 1.82) is 0 Å². The largest absolute Gasteiger partial charge is 0.349 e. The van der Waals surface area contributed by atoms with Crippen LogP contribution in [0, 0.1) is 10.1 Å². The molecule has 0 aromatic carbocycles. The van der Waals surface area contributed by atoms with Crippen LogP contribution in [0.1, 0.15) is 10.5 Å². The van der Waals surface area contributed by atoms with E-state index in [9.17, 15) is 14.9 Å². The summed E-state index contributed by atoms with van der Waals surface area (Å²) in [5.41, 5.74) is -0.508. The van der Waals surface area contributed by atoms with Crippen molar-refractivity contribution in [2.45, 2.75) is 6.54 Å². The molecule has 2 aromatic rings. The lowest BCUT2D eigenvalue weighted by atomic mass is 10.3. The van der Waals surface area contributed by atoms with E-state index in [2.05, 4.69) is 36.5 Å². The van der Waals surface area contributed by atoms with Gasteiger partial charge >= 0.3 is 5.69 Å². The molecule has 0 saturated heterocycles. The number of rotatable bonds is 5. The van der Waals surface area contributed by atoms with E-state index < -0.39 is 10.8 Å². The van der Waals surface area contributed by atoms with E-state index >= 15 is 0 Å². The first kappa shape index (κ1) is 13.2. The topological polar surface area (TPSA) is 119 Å². The predicted molar refractivity (Wildman–Crippen MR) is 67.5 cm³/mol. The van der Waals surface area contributed by atoms with Crippen LogP contribution < -0.4 is 5.32 Å². The van der Waals surface area contributed by atoms with E-state index in [4.69, 9.17) is 0 Å². The molecular weight excluding hydrogens is 320 g/mol. The SMILES string of the molecule is O=C(NCCn1cc(Br)cn1)c1[nH]ncc1[N+](=O)[O-]. The Hall–Kier alpha value is -2.23. The lowest BCUT2D eigenvalue weighted by Gasteiger charge is -2.03. The fraction of sp³-hybridized carbons (Fsp3) is 0.222. The minimum absolute atomic E-state index is 0.161. The summed E-state index contributed by atoms with van der Waals surface area (Å²) >= 11 is 3.25. The zero-order chi connectivity index (χ0) is 13.8. The van der Waals surface area contributed by atoms with Gasteiger partial charge in [-0.1, -0.05) is 0 Å². The van der Waals surface area contributed by atoms with Gasteiger partial charge in [0.2, 0.25) is 5.69 Å². The summed E-state index contributed by atoms with van der Waals surface area (Å²) in [6.07, 6.45) is 4.38. The van der Waals surface area contributed by atoms with Crippen molar-refractivity contribution in [3.63, 3.8) is 0 Å². The maximum Gasteiger partial charge on any atom is 0.319 e. The summed E-state index contributed by atoms with van der Waals surface area (Å²) < 4.78 is 2.47. The Kier molecular flexibility index (Phi) is 3.90. The molecule has 2 heterocycles. The van der Waals surface area contributed by atoms with Gasteiger partial charge in [0.25, 0.3) is 5.91 Å². The first-order valence-electron chi connectivity index (χ1n) is 5.22. The fourth-order valence-corrected chi connectivity index (χ4v) is 1.75.